The molecule has 0 saturated carbocycles. The first-order valence-corrected chi connectivity index (χ1v) is 12.7. The fourth-order valence-corrected chi connectivity index (χ4v) is 4.97. The van der Waals surface area contributed by atoms with Gasteiger partial charge < -0.3 is 4.74 Å². The first-order valence-electron chi connectivity index (χ1n) is 11.8. The lowest BCUT2D eigenvalue weighted by atomic mass is 10.0. The van der Waals surface area contributed by atoms with Crippen LogP contribution in [0.2, 0.25) is 0 Å². The van der Waals surface area contributed by atoms with Crippen molar-refractivity contribution >= 4 is 21.4 Å². The minimum Gasteiger partial charge on any atom is -0.493 e. The van der Waals surface area contributed by atoms with Gasteiger partial charge in [0.1, 0.15) is 5.75 Å². The number of thiophene rings is 1. The highest BCUT2D eigenvalue weighted by Gasteiger charge is 2.16. The molecule has 2 aliphatic carbocycles. The van der Waals surface area contributed by atoms with E-state index in [1.54, 1.807) is 0 Å². The monoisotopic (exact) mass is 410 g/mol. The molecule has 1 aromatic heterocycles. The van der Waals surface area contributed by atoms with E-state index in [1.165, 1.54) is 84.6 Å². The topological polar surface area (TPSA) is 9.23 Å². The highest BCUT2D eigenvalue weighted by molar-refractivity contribution is 7.17. The average Bonchev–Trinajstić information content (AvgIpc) is 3.23. The van der Waals surface area contributed by atoms with Crippen LogP contribution in [0.15, 0.2) is 35.7 Å². The fraction of sp³-hybridized carbons (Fsp3) is 0.556. The number of ether oxygens (including phenoxy) is 1. The van der Waals surface area contributed by atoms with Crippen LogP contribution in [0.1, 0.15) is 96.5 Å². The van der Waals surface area contributed by atoms with Crippen molar-refractivity contribution < 1.29 is 4.74 Å². The molecule has 2 heteroatoms. The third-order valence-corrected chi connectivity index (χ3v) is 6.82. The summed E-state index contributed by atoms with van der Waals surface area (Å²) in [5.41, 5.74) is 3.99. The average molecular weight is 411 g/mol. The molecule has 0 radical (unpaired) electrons. The van der Waals surface area contributed by atoms with Crippen LogP contribution in [-0.4, -0.2) is 6.61 Å². The van der Waals surface area contributed by atoms with Crippen LogP contribution in [-0.2, 0) is 0 Å². The lowest BCUT2D eigenvalue weighted by molar-refractivity contribution is 0.306. The van der Waals surface area contributed by atoms with Gasteiger partial charge >= 0.3 is 0 Å². The van der Waals surface area contributed by atoms with Crippen LogP contribution in [0.4, 0.5) is 0 Å². The Labute approximate surface area is 181 Å². The van der Waals surface area contributed by atoms with E-state index in [0.717, 1.165) is 18.8 Å². The van der Waals surface area contributed by atoms with Gasteiger partial charge in [-0.2, -0.15) is 0 Å². The SMILES string of the molecule is CCCCCCCCCCCCOc1ccc(C(C)C)cc2cc3sccc3c1-2. The zero-order valence-corrected chi connectivity index (χ0v) is 19.5. The van der Waals surface area contributed by atoms with Gasteiger partial charge in [-0.25, -0.2) is 0 Å². The van der Waals surface area contributed by atoms with Gasteiger partial charge in [0.25, 0.3) is 0 Å². The number of unbranched alkanes of at least 4 members (excludes halogenated alkanes) is 9. The Morgan fingerprint density at radius 3 is 2.21 bits per heavy atom. The standard InChI is InChI=1S/C27H38OS/c1-4-5-6-7-8-9-10-11-12-13-17-28-25-15-14-22(21(2)3)19-23-20-26-24(27(23)25)16-18-29-26/h14-16,18-21H,4-13,17H2,1-3H3. The first-order chi connectivity index (χ1) is 14.2. The summed E-state index contributed by atoms with van der Waals surface area (Å²) in [5, 5.41) is 3.53. The van der Waals surface area contributed by atoms with Crippen LogP contribution < -0.4 is 4.74 Å². The van der Waals surface area contributed by atoms with E-state index in [2.05, 4.69) is 56.5 Å². The zero-order chi connectivity index (χ0) is 20.5. The van der Waals surface area contributed by atoms with Crippen molar-refractivity contribution in [3.63, 3.8) is 0 Å². The van der Waals surface area contributed by atoms with Gasteiger partial charge in [0.2, 0.25) is 0 Å². The van der Waals surface area contributed by atoms with E-state index in [9.17, 15) is 0 Å². The van der Waals surface area contributed by atoms with E-state index in [0.29, 0.717) is 5.92 Å². The molecular weight excluding hydrogens is 372 g/mol. The van der Waals surface area contributed by atoms with Gasteiger partial charge in [-0.15, -0.1) is 11.3 Å². The molecule has 0 amide bonds. The van der Waals surface area contributed by atoms with Crippen molar-refractivity contribution in [2.24, 2.45) is 0 Å². The van der Waals surface area contributed by atoms with Crippen LogP contribution in [0.3, 0.4) is 0 Å². The van der Waals surface area contributed by atoms with Crippen molar-refractivity contribution in [2.45, 2.75) is 90.9 Å². The van der Waals surface area contributed by atoms with Gasteiger partial charge in [0.05, 0.1) is 6.61 Å². The molecule has 0 spiro atoms. The lowest BCUT2D eigenvalue weighted by Crippen LogP contribution is -1.97. The molecule has 0 fully saturated rings. The second kappa shape index (κ2) is 11.6. The molecule has 0 aliphatic heterocycles. The summed E-state index contributed by atoms with van der Waals surface area (Å²) in [6.45, 7) is 7.63. The highest BCUT2D eigenvalue weighted by Crippen LogP contribution is 2.43. The van der Waals surface area contributed by atoms with Gasteiger partial charge in [0, 0.05) is 15.6 Å². The molecule has 158 valence electrons. The Kier molecular flexibility index (Phi) is 8.86. The Morgan fingerprint density at radius 1 is 0.828 bits per heavy atom. The zero-order valence-electron chi connectivity index (χ0n) is 18.6. The van der Waals surface area contributed by atoms with E-state index in [4.69, 9.17) is 4.74 Å². The number of hydrogen-bond acceptors (Lipinski definition) is 2. The van der Waals surface area contributed by atoms with Gasteiger partial charge in [-0.3, -0.25) is 0 Å². The highest BCUT2D eigenvalue weighted by atomic mass is 32.1. The molecule has 1 aromatic rings. The maximum atomic E-state index is 6.33. The van der Waals surface area contributed by atoms with Crippen molar-refractivity contribution in [3.05, 3.63) is 41.3 Å². The quantitative estimate of drug-likeness (QED) is 0.255. The Balaban J connectivity index is 1.50. The Morgan fingerprint density at radius 2 is 1.52 bits per heavy atom. The summed E-state index contributed by atoms with van der Waals surface area (Å²) < 4.78 is 7.69. The summed E-state index contributed by atoms with van der Waals surface area (Å²) in [4.78, 5) is 0. The number of hydrogen-bond donors (Lipinski definition) is 0. The third-order valence-electron chi connectivity index (χ3n) is 5.96. The first kappa shape index (κ1) is 22.2. The minimum atomic E-state index is 0.522. The van der Waals surface area contributed by atoms with Gasteiger partial charge in [-0.1, -0.05) is 90.7 Å². The molecule has 0 unspecified atom stereocenters. The van der Waals surface area contributed by atoms with Crippen LogP contribution in [0.5, 0.6) is 5.75 Å². The number of fused-ring (bicyclic) bond motifs is 3. The smallest absolute Gasteiger partial charge is 0.127 e. The summed E-state index contributed by atoms with van der Waals surface area (Å²) in [6.07, 6.45) is 13.6. The molecule has 29 heavy (non-hydrogen) atoms. The molecule has 0 N–H and O–H groups in total. The lowest BCUT2D eigenvalue weighted by Gasteiger charge is -2.08. The summed E-state index contributed by atoms with van der Waals surface area (Å²) in [5.74, 6) is 1.57. The van der Waals surface area contributed by atoms with Crippen molar-refractivity contribution in [1.82, 2.24) is 0 Å². The fourth-order valence-electron chi connectivity index (χ4n) is 4.13. The molecule has 2 aliphatic rings. The maximum absolute atomic E-state index is 6.33. The summed E-state index contributed by atoms with van der Waals surface area (Å²) in [6, 6.07) is 11.4. The van der Waals surface area contributed by atoms with Crippen molar-refractivity contribution in [2.75, 3.05) is 6.61 Å². The van der Waals surface area contributed by atoms with E-state index >= 15 is 0 Å². The predicted molar refractivity (Wildman–Crippen MR) is 130 cm³/mol. The molecule has 0 saturated heterocycles. The van der Waals surface area contributed by atoms with E-state index in [-0.39, 0.29) is 0 Å². The largest absolute Gasteiger partial charge is 0.493 e. The number of rotatable bonds is 13. The molecule has 0 bridgehead atoms. The molecule has 0 atom stereocenters. The summed E-state index contributed by atoms with van der Waals surface area (Å²) >= 11 is 1.82. The predicted octanol–water partition coefficient (Wildman–Crippen LogP) is 9.43. The second-order valence-corrected chi connectivity index (χ2v) is 9.65. The molecule has 1 heterocycles. The van der Waals surface area contributed by atoms with Gasteiger partial charge in [-0.05, 0) is 47.0 Å². The Hall–Kier alpha value is -1.54. The third kappa shape index (κ3) is 6.22. The summed E-state index contributed by atoms with van der Waals surface area (Å²) in [7, 11) is 0. The van der Waals surface area contributed by atoms with Crippen molar-refractivity contribution in [1.29, 1.82) is 0 Å². The normalized spacial score (nSPS) is 11.7. The maximum Gasteiger partial charge on any atom is 0.127 e. The molecule has 3 rings (SSSR count). The Bertz CT molecular complexity index is 832. The van der Waals surface area contributed by atoms with Crippen LogP contribution in [0, 0.1) is 0 Å². The molecular formula is C27H38OS. The molecule has 1 nitrogen and oxygen atoms in total. The van der Waals surface area contributed by atoms with Crippen LogP contribution >= 0.6 is 11.3 Å². The van der Waals surface area contributed by atoms with Gasteiger partial charge in [0.15, 0.2) is 0 Å². The van der Waals surface area contributed by atoms with Crippen LogP contribution in [0.25, 0.3) is 21.2 Å². The van der Waals surface area contributed by atoms with E-state index in [1.807, 2.05) is 11.3 Å². The van der Waals surface area contributed by atoms with Crippen molar-refractivity contribution in [3.8, 4) is 16.9 Å². The van der Waals surface area contributed by atoms with E-state index < -0.39 is 0 Å². The molecule has 0 aromatic carbocycles. The second-order valence-electron chi connectivity index (χ2n) is 8.70. The minimum absolute atomic E-state index is 0.522.